The number of guanidine groups is 1. The number of aromatic nitrogens is 2. The van der Waals surface area contributed by atoms with E-state index in [0.29, 0.717) is 32.2 Å². The van der Waals surface area contributed by atoms with E-state index in [1.807, 2.05) is 25.6 Å². The molecule has 1 aliphatic heterocycles. The molecule has 0 radical (unpaired) electrons. The van der Waals surface area contributed by atoms with Gasteiger partial charge < -0.3 is 15.4 Å². The molecule has 2 heterocycles. The lowest BCUT2D eigenvalue weighted by molar-refractivity contribution is 0.114. The van der Waals surface area contributed by atoms with Crippen molar-refractivity contribution >= 4 is 40.0 Å². The van der Waals surface area contributed by atoms with Crippen molar-refractivity contribution < 1.29 is 13.2 Å². The molecular weight excluding hydrogens is 543 g/mol. The second kappa shape index (κ2) is 12.0. The van der Waals surface area contributed by atoms with Gasteiger partial charge in [0.1, 0.15) is 0 Å². The van der Waals surface area contributed by atoms with Gasteiger partial charge in [-0.15, -0.1) is 24.0 Å². The zero-order chi connectivity index (χ0) is 22.4. The van der Waals surface area contributed by atoms with Gasteiger partial charge in [0, 0.05) is 51.6 Å². The number of aryl methyl sites for hydroxylation is 2. The number of nitrogens with zero attached hydrogens (tertiary/aromatic N) is 3. The molecule has 1 atom stereocenters. The molecule has 32 heavy (non-hydrogen) atoms. The highest BCUT2D eigenvalue weighted by molar-refractivity contribution is 14.0. The van der Waals surface area contributed by atoms with Gasteiger partial charge in [0.2, 0.25) is 10.0 Å². The van der Waals surface area contributed by atoms with E-state index in [1.54, 1.807) is 31.3 Å². The van der Waals surface area contributed by atoms with Crippen LogP contribution in [-0.4, -0.2) is 50.5 Å². The summed E-state index contributed by atoms with van der Waals surface area (Å²) in [5.74, 6) is 0.664. The molecule has 0 saturated carbocycles. The molecular formula is C21H33IN6O3S. The number of aliphatic imine (C=N–C) groups is 1. The average Bonchev–Trinajstić information content (AvgIpc) is 3.36. The lowest BCUT2D eigenvalue weighted by atomic mass is 10.2. The SMILES string of the molecule is CN=C(NCc1ccc(S(=O)(=O)NCC2CCCO2)cc1)NCc1c(C)nn(C)c1C.I. The van der Waals surface area contributed by atoms with Gasteiger partial charge in [0.15, 0.2) is 5.96 Å². The smallest absolute Gasteiger partial charge is 0.240 e. The second-order valence-electron chi connectivity index (χ2n) is 7.68. The van der Waals surface area contributed by atoms with Crippen LogP contribution in [-0.2, 0) is 34.9 Å². The topological polar surface area (TPSA) is 110 Å². The molecule has 3 rings (SSSR count). The van der Waals surface area contributed by atoms with Gasteiger partial charge in [0.25, 0.3) is 0 Å². The number of hydrogen-bond acceptors (Lipinski definition) is 5. The van der Waals surface area contributed by atoms with Crippen molar-refractivity contribution in [1.82, 2.24) is 25.1 Å². The molecule has 0 bridgehead atoms. The Balaban J connectivity index is 0.00000363. The fourth-order valence-electron chi connectivity index (χ4n) is 3.53. The minimum absolute atomic E-state index is 0. The predicted molar refractivity (Wildman–Crippen MR) is 136 cm³/mol. The Morgan fingerprint density at radius 3 is 2.47 bits per heavy atom. The van der Waals surface area contributed by atoms with Crippen LogP contribution in [0.3, 0.4) is 0 Å². The Morgan fingerprint density at radius 2 is 1.91 bits per heavy atom. The number of benzene rings is 1. The van der Waals surface area contributed by atoms with Crippen LogP contribution in [0.1, 0.15) is 35.4 Å². The van der Waals surface area contributed by atoms with Crippen molar-refractivity contribution in [3.05, 3.63) is 46.8 Å². The quantitative estimate of drug-likeness (QED) is 0.252. The van der Waals surface area contributed by atoms with Gasteiger partial charge in [0.05, 0.1) is 16.7 Å². The fourth-order valence-corrected chi connectivity index (χ4v) is 4.60. The van der Waals surface area contributed by atoms with Crippen LogP contribution in [0.4, 0.5) is 0 Å². The Bertz CT molecular complexity index is 1010. The zero-order valence-electron chi connectivity index (χ0n) is 19.0. The number of halogens is 1. The molecule has 1 aromatic carbocycles. The summed E-state index contributed by atoms with van der Waals surface area (Å²) < 4.78 is 34.9. The summed E-state index contributed by atoms with van der Waals surface area (Å²) in [5.41, 5.74) is 4.21. The predicted octanol–water partition coefficient (Wildman–Crippen LogP) is 1.98. The normalized spacial score (nSPS) is 16.6. The zero-order valence-corrected chi connectivity index (χ0v) is 22.2. The summed E-state index contributed by atoms with van der Waals surface area (Å²) >= 11 is 0. The molecule has 2 aromatic rings. The van der Waals surface area contributed by atoms with E-state index < -0.39 is 10.0 Å². The third kappa shape index (κ3) is 6.90. The van der Waals surface area contributed by atoms with E-state index in [-0.39, 0.29) is 35.0 Å². The van der Waals surface area contributed by atoms with Crippen LogP contribution in [0.2, 0.25) is 0 Å². The van der Waals surface area contributed by atoms with E-state index in [4.69, 9.17) is 4.74 Å². The summed E-state index contributed by atoms with van der Waals surface area (Å²) in [6.07, 6.45) is 1.84. The van der Waals surface area contributed by atoms with E-state index >= 15 is 0 Å². The average molecular weight is 577 g/mol. The maximum absolute atomic E-state index is 12.5. The van der Waals surface area contributed by atoms with E-state index in [0.717, 1.165) is 35.4 Å². The molecule has 1 fully saturated rings. The molecule has 1 unspecified atom stereocenters. The Kier molecular flexibility index (Phi) is 9.92. The van der Waals surface area contributed by atoms with Crippen molar-refractivity contribution in [3.63, 3.8) is 0 Å². The highest BCUT2D eigenvalue weighted by atomic mass is 127. The molecule has 3 N–H and O–H groups in total. The molecule has 0 aliphatic carbocycles. The summed E-state index contributed by atoms with van der Waals surface area (Å²) in [6.45, 7) is 6.19. The Morgan fingerprint density at radius 1 is 1.22 bits per heavy atom. The van der Waals surface area contributed by atoms with E-state index in [1.165, 1.54) is 0 Å². The number of hydrogen-bond donors (Lipinski definition) is 3. The first-order valence-electron chi connectivity index (χ1n) is 10.4. The third-order valence-electron chi connectivity index (χ3n) is 5.53. The van der Waals surface area contributed by atoms with Crippen LogP contribution in [0, 0.1) is 13.8 Å². The largest absolute Gasteiger partial charge is 0.377 e. The van der Waals surface area contributed by atoms with E-state index in [9.17, 15) is 8.42 Å². The monoisotopic (exact) mass is 576 g/mol. The van der Waals surface area contributed by atoms with Crippen LogP contribution >= 0.6 is 24.0 Å². The van der Waals surface area contributed by atoms with Crippen LogP contribution in [0.5, 0.6) is 0 Å². The Hall–Kier alpha value is -1.70. The molecule has 9 nitrogen and oxygen atoms in total. The molecule has 1 saturated heterocycles. The van der Waals surface area contributed by atoms with Gasteiger partial charge in [-0.05, 0) is 44.4 Å². The van der Waals surface area contributed by atoms with Crippen LogP contribution < -0.4 is 15.4 Å². The molecule has 178 valence electrons. The van der Waals surface area contributed by atoms with Crippen molar-refractivity contribution in [1.29, 1.82) is 0 Å². The second-order valence-corrected chi connectivity index (χ2v) is 9.45. The first-order chi connectivity index (χ1) is 14.8. The molecule has 1 aliphatic rings. The maximum atomic E-state index is 12.5. The molecule has 0 spiro atoms. The number of nitrogens with one attached hydrogen (secondary N) is 3. The van der Waals surface area contributed by atoms with Crippen molar-refractivity contribution in [2.24, 2.45) is 12.0 Å². The molecule has 11 heteroatoms. The Labute approximate surface area is 207 Å². The number of ether oxygens (including phenoxy) is 1. The van der Waals surface area contributed by atoms with Crippen LogP contribution in [0.25, 0.3) is 0 Å². The standard InChI is InChI=1S/C21H32N6O3S.HI/c1-15-20(16(2)27(4)26-15)14-24-21(22-3)23-12-17-7-9-19(10-8-17)31(28,29)25-13-18-6-5-11-30-18;/h7-10,18,25H,5-6,11-14H2,1-4H3,(H2,22,23,24);1H. The first kappa shape index (κ1) is 26.6. The molecule has 1 aromatic heterocycles. The van der Waals surface area contributed by atoms with Gasteiger partial charge in [-0.25, -0.2) is 13.1 Å². The fraction of sp³-hybridized carbons (Fsp3) is 0.524. The van der Waals surface area contributed by atoms with Gasteiger partial charge in [-0.1, -0.05) is 12.1 Å². The highest BCUT2D eigenvalue weighted by Crippen LogP contribution is 2.14. The van der Waals surface area contributed by atoms with Gasteiger partial charge >= 0.3 is 0 Å². The maximum Gasteiger partial charge on any atom is 0.240 e. The lowest BCUT2D eigenvalue weighted by Crippen LogP contribution is -2.36. The summed E-state index contributed by atoms with van der Waals surface area (Å²) in [6, 6.07) is 6.84. The van der Waals surface area contributed by atoms with Gasteiger partial charge in [-0.2, -0.15) is 5.10 Å². The summed E-state index contributed by atoms with van der Waals surface area (Å²) in [5, 5.41) is 11.0. The third-order valence-corrected chi connectivity index (χ3v) is 6.97. The first-order valence-corrected chi connectivity index (χ1v) is 11.9. The molecule has 0 amide bonds. The summed E-state index contributed by atoms with van der Waals surface area (Å²) in [4.78, 5) is 4.50. The van der Waals surface area contributed by atoms with Crippen molar-refractivity contribution in [2.45, 2.75) is 50.8 Å². The number of rotatable bonds is 8. The lowest BCUT2D eigenvalue weighted by Gasteiger charge is -2.13. The van der Waals surface area contributed by atoms with Crippen molar-refractivity contribution in [3.8, 4) is 0 Å². The van der Waals surface area contributed by atoms with Crippen molar-refractivity contribution in [2.75, 3.05) is 20.2 Å². The van der Waals surface area contributed by atoms with E-state index in [2.05, 4.69) is 25.4 Å². The minimum Gasteiger partial charge on any atom is -0.377 e. The minimum atomic E-state index is -3.54. The number of sulfonamides is 1. The highest BCUT2D eigenvalue weighted by Gasteiger charge is 2.20. The summed E-state index contributed by atoms with van der Waals surface area (Å²) in [7, 11) is 0.107. The van der Waals surface area contributed by atoms with Gasteiger partial charge in [-0.3, -0.25) is 9.67 Å². The van der Waals surface area contributed by atoms with Crippen LogP contribution in [0.15, 0.2) is 34.2 Å².